The van der Waals surface area contributed by atoms with E-state index in [4.69, 9.17) is 0 Å². The van der Waals surface area contributed by atoms with Crippen LogP contribution >= 0.6 is 0 Å². The molecule has 1 aliphatic rings. The number of nitrogens with one attached hydrogen (secondary N) is 2. The van der Waals surface area contributed by atoms with Gasteiger partial charge in [-0.2, -0.15) is 0 Å². The largest absolute Gasteiger partial charge is 0.294 e. The molecule has 2 N–H and O–H groups in total. The van der Waals surface area contributed by atoms with Crippen LogP contribution in [-0.4, -0.2) is 16.6 Å². The Morgan fingerprint density at radius 2 is 1.89 bits per heavy atom. The van der Waals surface area contributed by atoms with Gasteiger partial charge in [-0.25, -0.2) is 15.5 Å². The third kappa shape index (κ3) is 4.33. The average Bonchev–Trinajstić information content (AvgIpc) is 2.89. The molecule has 0 atom stereocenters. The second kappa shape index (κ2) is 9.04. The Morgan fingerprint density at radius 1 is 1.26 bits per heavy atom. The fraction of sp³-hybridized carbons (Fsp3) is 0.462. The van der Waals surface area contributed by atoms with Crippen molar-refractivity contribution < 1.29 is 4.79 Å². The predicted molar refractivity (Wildman–Crippen MR) is 78.8 cm³/mol. The number of pyridine rings is 1. The van der Waals surface area contributed by atoms with Crippen molar-refractivity contribution in [2.24, 2.45) is 5.10 Å². The Hall–Kier alpha value is -1.95. The van der Waals surface area contributed by atoms with Gasteiger partial charge in [0.1, 0.15) is 5.84 Å². The van der Waals surface area contributed by atoms with E-state index in [0.29, 0.717) is 17.2 Å². The summed E-state index contributed by atoms with van der Waals surface area (Å²) in [4.78, 5) is 15.5. The van der Waals surface area contributed by atoms with E-state index >= 15 is 0 Å². The van der Waals surface area contributed by atoms with Crippen LogP contribution in [0, 0.1) is 0 Å². The number of hydrogen-bond donors (Lipinski definition) is 2. The number of rotatable bonds is 2. The molecule has 0 unspecified atom stereocenters. The molecule has 2 rings (SSSR count). The lowest BCUT2D eigenvalue weighted by atomic mass is 10.2. The topological polar surface area (TPSA) is 69.6 Å². The van der Waals surface area contributed by atoms with Gasteiger partial charge in [0.2, 0.25) is 0 Å². The van der Waals surface area contributed by atoms with E-state index in [0.717, 1.165) is 0 Å². The molecular formula is C13H23N5O. The molecule has 6 nitrogen and oxygen atoms in total. The first-order valence-electron chi connectivity index (χ1n) is 6.51. The lowest BCUT2D eigenvalue weighted by molar-refractivity contribution is 0.101. The first-order chi connectivity index (χ1) is 9.20. The third-order valence-electron chi connectivity index (χ3n) is 2.08. The van der Waals surface area contributed by atoms with E-state index in [1.165, 1.54) is 6.92 Å². The third-order valence-corrected chi connectivity index (χ3v) is 2.08. The van der Waals surface area contributed by atoms with Crippen molar-refractivity contribution in [1.82, 2.24) is 16.1 Å². The lowest BCUT2D eigenvalue weighted by Gasteiger charge is -2.17. The summed E-state index contributed by atoms with van der Waals surface area (Å²) in [5, 5.41) is 5.55. The van der Waals surface area contributed by atoms with E-state index in [1.54, 1.807) is 23.3 Å². The highest BCUT2D eigenvalue weighted by Gasteiger charge is 2.20. The fourth-order valence-corrected chi connectivity index (χ4v) is 1.34. The molecule has 1 aromatic heterocycles. The zero-order valence-electron chi connectivity index (χ0n) is 12.5. The van der Waals surface area contributed by atoms with Crippen LogP contribution in [0.15, 0.2) is 23.4 Å². The number of Topliss-reactive ketones (excluding diaryl/α,β-unsaturated/α-hetero) is 1. The molecule has 0 amide bonds. The number of carbonyl (C=O) groups excluding carboxylic acids is 1. The summed E-state index contributed by atoms with van der Waals surface area (Å²) >= 11 is 0. The van der Waals surface area contributed by atoms with Gasteiger partial charge in [-0.05, 0) is 26.0 Å². The van der Waals surface area contributed by atoms with Gasteiger partial charge in [-0.15, -0.1) is 10.6 Å². The standard InChI is InChI=1S/C9H11N5O.2C2H6/c1-6(15)8-4-3-5-10-9(8)14-7(2)11-12-13-14;2*1-2/h3-5,12-13H,1-2H3;2*1-2H3. The van der Waals surface area contributed by atoms with Crippen LogP contribution in [0.5, 0.6) is 0 Å². The van der Waals surface area contributed by atoms with Crippen LogP contribution in [0.2, 0.25) is 0 Å². The van der Waals surface area contributed by atoms with Crippen molar-refractivity contribution in [3.8, 4) is 0 Å². The van der Waals surface area contributed by atoms with Gasteiger partial charge < -0.3 is 0 Å². The Kier molecular flexibility index (Phi) is 8.12. The number of hydrogen-bond acceptors (Lipinski definition) is 6. The summed E-state index contributed by atoms with van der Waals surface area (Å²) in [6, 6.07) is 3.47. The predicted octanol–water partition coefficient (Wildman–Crippen LogP) is 2.50. The highest BCUT2D eigenvalue weighted by molar-refractivity contribution is 6.04. The normalized spacial score (nSPS) is 12.3. The van der Waals surface area contributed by atoms with Gasteiger partial charge in [-0.3, -0.25) is 4.79 Å². The molecule has 19 heavy (non-hydrogen) atoms. The quantitative estimate of drug-likeness (QED) is 0.804. The first-order valence-corrected chi connectivity index (χ1v) is 6.51. The summed E-state index contributed by atoms with van der Waals surface area (Å²) in [7, 11) is 0. The molecule has 0 aliphatic carbocycles. The van der Waals surface area contributed by atoms with Gasteiger partial charge in [0.15, 0.2) is 11.6 Å². The maximum atomic E-state index is 11.4. The summed E-state index contributed by atoms with van der Waals surface area (Å²) in [6.07, 6.45) is 1.63. The second-order valence-electron chi connectivity index (χ2n) is 3.15. The molecular weight excluding hydrogens is 242 g/mol. The van der Waals surface area contributed by atoms with E-state index in [9.17, 15) is 4.79 Å². The SMILES string of the molecule is CC.CC.CC(=O)c1cccnc1N1NNN=C1C. The Morgan fingerprint density at radius 3 is 2.37 bits per heavy atom. The van der Waals surface area contributed by atoms with E-state index < -0.39 is 0 Å². The van der Waals surface area contributed by atoms with Crippen molar-refractivity contribution >= 4 is 17.4 Å². The van der Waals surface area contributed by atoms with Gasteiger partial charge in [0.05, 0.1) is 5.56 Å². The number of carbonyl (C=O) groups is 1. The fourth-order valence-electron chi connectivity index (χ4n) is 1.34. The summed E-state index contributed by atoms with van der Waals surface area (Å²) in [5.41, 5.74) is 5.94. The van der Waals surface area contributed by atoms with Crippen molar-refractivity contribution in [1.29, 1.82) is 0 Å². The van der Waals surface area contributed by atoms with Gasteiger partial charge in [0, 0.05) is 6.20 Å². The van der Waals surface area contributed by atoms with Crippen LogP contribution in [0.4, 0.5) is 5.82 Å². The maximum absolute atomic E-state index is 11.4. The number of aromatic nitrogens is 1. The molecule has 0 saturated heterocycles. The van der Waals surface area contributed by atoms with E-state index in [1.807, 2.05) is 34.6 Å². The zero-order valence-corrected chi connectivity index (χ0v) is 12.5. The first kappa shape index (κ1) is 17.1. The Bertz CT molecular complexity index is 431. The molecule has 0 spiro atoms. The highest BCUT2D eigenvalue weighted by Crippen LogP contribution is 2.17. The molecule has 1 aliphatic heterocycles. The molecule has 0 aromatic carbocycles. The second-order valence-corrected chi connectivity index (χ2v) is 3.15. The number of amidine groups is 1. The minimum atomic E-state index is -0.0281. The van der Waals surface area contributed by atoms with Crippen LogP contribution < -0.4 is 16.1 Å². The number of hydrazone groups is 1. The Balaban J connectivity index is 0.000000741. The van der Waals surface area contributed by atoms with Crippen molar-refractivity contribution in [2.45, 2.75) is 41.5 Å². The average molecular weight is 265 g/mol. The Labute approximate surface area is 114 Å². The molecule has 6 heteroatoms. The smallest absolute Gasteiger partial charge is 0.163 e. The van der Waals surface area contributed by atoms with Crippen molar-refractivity contribution in [3.63, 3.8) is 0 Å². The van der Waals surface area contributed by atoms with Gasteiger partial charge >= 0.3 is 0 Å². The highest BCUT2D eigenvalue weighted by atomic mass is 16.1. The minimum Gasteiger partial charge on any atom is -0.294 e. The van der Waals surface area contributed by atoms with Crippen LogP contribution in [-0.2, 0) is 0 Å². The van der Waals surface area contributed by atoms with Crippen molar-refractivity contribution in [3.05, 3.63) is 23.9 Å². The number of hydrazine groups is 2. The summed E-state index contributed by atoms with van der Waals surface area (Å²) in [6.45, 7) is 11.3. The van der Waals surface area contributed by atoms with Crippen molar-refractivity contribution in [2.75, 3.05) is 5.01 Å². The van der Waals surface area contributed by atoms with Crippen LogP contribution in [0.1, 0.15) is 51.9 Å². The van der Waals surface area contributed by atoms with Crippen LogP contribution in [0.25, 0.3) is 0 Å². The maximum Gasteiger partial charge on any atom is 0.163 e. The van der Waals surface area contributed by atoms with E-state index in [2.05, 4.69) is 21.2 Å². The number of ketones is 1. The zero-order chi connectivity index (χ0) is 14.8. The van der Waals surface area contributed by atoms with Gasteiger partial charge in [0.25, 0.3) is 0 Å². The minimum absolute atomic E-state index is 0.0281. The van der Waals surface area contributed by atoms with Gasteiger partial charge in [-0.1, -0.05) is 27.7 Å². The summed E-state index contributed by atoms with van der Waals surface area (Å²) in [5.74, 6) is 1.23. The molecule has 1 aromatic rings. The molecule has 0 radical (unpaired) electrons. The lowest BCUT2D eigenvalue weighted by Crippen LogP contribution is -2.41. The summed E-state index contributed by atoms with van der Waals surface area (Å²) < 4.78 is 0. The molecule has 0 bridgehead atoms. The number of anilines is 1. The molecule has 2 heterocycles. The number of nitrogens with zero attached hydrogens (tertiary/aromatic N) is 3. The monoisotopic (exact) mass is 265 g/mol. The van der Waals surface area contributed by atoms with E-state index in [-0.39, 0.29) is 5.78 Å². The molecule has 0 fully saturated rings. The molecule has 0 saturated carbocycles. The molecule has 106 valence electrons. The van der Waals surface area contributed by atoms with Crippen LogP contribution in [0.3, 0.4) is 0 Å².